The molecule has 0 spiro atoms. The Morgan fingerprint density at radius 3 is 1.14 bits per heavy atom. The van der Waals surface area contributed by atoms with E-state index in [1.54, 1.807) is 12.1 Å². The van der Waals surface area contributed by atoms with Gasteiger partial charge in [-0.05, 0) is 24.3 Å². The van der Waals surface area contributed by atoms with Gasteiger partial charge in [0.25, 0.3) is 0 Å². The summed E-state index contributed by atoms with van der Waals surface area (Å²) in [7, 11) is -9.92. The summed E-state index contributed by atoms with van der Waals surface area (Å²) >= 11 is 0. The Balaban J connectivity index is 0.00000220. The van der Waals surface area contributed by atoms with Crippen molar-refractivity contribution in [2.24, 2.45) is 0 Å². The van der Waals surface area contributed by atoms with Crippen molar-refractivity contribution in [3.63, 3.8) is 0 Å². The summed E-state index contributed by atoms with van der Waals surface area (Å²) in [6, 6.07) is 14.6. The van der Waals surface area contributed by atoms with E-state index in [1.165, 1.54) is 48.5 Å². The minimum atomic E-state index is -4.96. The molecule has 0 saturated carbocycles. The molecule has 0 unspecified atom stereocenters. The van der Waals surface area contributed by atoms with Crippen LogP contribution in [-0.2, 0) is 18.3 Å². The molecule has 2 rings (SSSR count). The van der Waals surface area contributed by atoms with Crippen LogP contribution in [0.25, 0.3) is 0 Å². The zero-order valence-corrected chi connectivity index (χ0v) is 11.7. The van der Waals surface area contributed by atoms with Gasteiger partial charge in [0.15, 0.2) is 0 Å². The van der Waals surface area contributed by atoms with Gasteiger partial charge in [0, 0.05) is 0 Å². The van der Waals surface area contributed by atoms with Crippen LogP contribution in [0, 0.1) is 0 Å². The summed E-state index contributed by atoms with van der Waals surface area (Å²) in [6.45, 7) is 0. The maximum absolute atomic E-state index is 11.7. The van der Waals surface area contributed by atoms with Crippen LogP contribution in [0.1, 0.15) is 0 Å². The Hall–Kier alpha value is -0.424. The van der Waals surface area contributed by atoms with Gasteiger partial charge in [-0.3, -0.25) is 0 Å². The molecule has 21 heavy (non-hydrogen) atoms. The van der Waals surface area contributed by atoms with E-state index in [4.69, 9.17) is 0 Å². The zero-order chi connectivity index (χ0) is 14.6. The molecule has 0 N–H and O–H groups in total. The fraction of sp³-hybridized carbons (Fsp3) is 0. The van der Waals surface area contributed by atoms with Gasteiger partial charge in [0.05, 0.1) is 0 Å². The molecule has 0 bridgehead atoms. The Labute approximate surface area is 165 Å². The maximum atomic E-state index is 11.7. The Kier molecular flexibility index (Phi) is 6.85. The summed E-state index contributed by atoms with van der Waals surface area (Å²) < 4.78 is 55.8. The van der Waals surface area contributed by atoms with E-state index in [-0.39, 0.29) is 62.9 Å². The van der Waals surface area contributed by atoms with E-state index in [0.717, 1.165) is 0 Å². The molecule has 2 aromatic carbocycles. The first-order valence-corrected chi connectivity index (χ1v) is 8.73. The van der Waals surface area contributed by atoms with Gasteiger partial charge in [-0.1, -0.05) is 36.4 Å². The summed E-state index contributed by atoms with van der Waals surface area (Å²) in [5, 5.41) is 0. The number of rotatable bonds is 5. The molecule has 108 valence electrons. The molecule has 0 amide bonds. The van der Waals surface area contributed by atoms with Gasteiger partial charge in [-0.15, -0.1) is 0 Å². The second-order valence-electron chi connectivity index (χ2n) is 3.61. The zero-order valence-electron chi connectivity index (χ0n) is 10.0. The quantitative estimate of drug-likeness (QED) is 0.590. The van der Waals surface area contributed by atoms with E-state index in [1.807, 2.05) is 0 Å². The molecule has 0 aliphatic rings. The van der Waals surface area contributed by atoms with Gasteiger partial charge >= 0.3 is 69.7 Å². The number of hydrogen-bond donors (Lipinski definition) is 0. The van der Waals surface area contributed by atoms with Crippen LogP contribution in [0.4, 0.5) is 0 Å². The van der Waals surface area contributed by atoms with Gasteiger partial charge in [-0.2, -0.15) is 16.8 Å². The molecule has 0 aromatic heterocycles. The predicted octanol–water partition coefficient (Wildman–Crippen LogP) is 1.07. The van der Waals surface area contributed by atoms with Gasteiger partial charge < -0.3 is 8.37 Å². The second kappa shape index (κ2) is 7.72. The number of hydrogen-bond acceptors (Lipinski definition) is 6. The van der Waals surface area contributed by atoms with Crippen LogP contribution in [0.15, 0.2) is 60.7 Å². The first-order valence-electron chi connectivity index (χ1n) is 5.40. The van der Waals surface area contributed by atoms with Crippen molar-refractivity contribution in [3.05, 3.63) is 60.7 Å². The van der Waals surface area contributed by atoms with Crippen molar-refractivity contribution in [2.75, 3.05) is 0 Å². The van der Waals surface area contributed by atoms with E-state index in [2.05, 4.69) is 8.37 Å². The van der Waals surface area contributed by atoms with Crippen LogP contribution in [0.2, 0.25) is 0 Å². The SMILES string of the molecule is O=S(=O)(Oc1ccccc1)S(=O)(=O)Oc1ccccc1.[KH]. The van der Waals surface area contributed by atoms with Crippen molar-refractivity contribution in [2.45, 2.75) is 0 Å². The Morgan fingerprint density at radius 1 is 0.571 bits per heavy atom. The van der Waals surface area contributed by atoms with E-state index < -0.39 is 18.3 Å². The Morgan fingerprint density at radius 2 is 0.857 bits per heavy atom. The van der Waals surface area contributed by atoms with Gasteiger partial charge in [-0.25, -0.2) is 0 Å². The third kappa shape index (κ3) is 5.06. The number of para-hydroxylation sites is 2. The van der Waals surface area contributed by atoms with Crippen molar-refractivity contribution in [1.82, 2.24) is 0 Å². The van der Waals surface area contributed by atoms with Gasteiger partial charge in [0.1, 0.15) is 11.5 Å². The fourth-order valence-electron chi connectivity index (χ4n) is 1.27. The molecular weight excluding hydrogens is 343 g/mol. The third-order valence-electron chi connectivity index (χ3n) is 2.13. The summed E-state index contributed by atoms with van der Waals surface area (Å²) in [5.74, 6) is -0.236. The molecule has 0 fully saturated rings. The fourth-order valence-corrected chi connectivity index (χ4v) is 3.10. The van der Waals surface area contributed by atoms with E-state index in [9.17, 15) is 16.8 Å². The van der Waals surface area contributed by atoms with Crippen molar-refractivity contribution in [1.29, 1.82) is 0 Å². The molecule has 0 atom stereocenters. The average Bonchev–Trinajstić information content (AvgIpc) is 2.40. The molecule has 0 saturated heterocycles. The van der Waals surface area contributed by atoms with E-state index in [0.29, 0.717) is 0 Å². The summed E-state index contributed by atoms with van der Waals surface area (Å²) in [6.07, 6.45) is 0. The van der Waals surface area contributed by atoms with E-state index >= 15 is 0 Å². The van der Waals surface area contributed by atoms with Crippen LogP contribution in [0.3, 0.4) is 0 Å². The molecule has 0 aliphatic heterocycles. The molecule has 9 heteroatoms. The molecule has 6 nitrogen and oxygen atoms in total. The molecule has 0 radical (unpaired) electrons. The molecule has 0 aliphatic carbocycles. The topological polar surface area (TPSA) is 86.7 Å². The third-order valence-corrected chi connectivity index (χ3v) is 5.33. The van der Waals surface area contributed by atoms with Crippen molar-refractivity contribution >= 4 is 69.7 Å². The molecule has 2 aromatic rings. The second-order valence-corrected chi connectivity index (χ2v) is 8.03. The first kappa shape index (κ1) is 18.6. The predicted molar refractivity (Wildman–Crippen MR) is 79.1 cm³/mol. The number of benzene rings is 2. The average molecular weight is 354 g/mol. The van der Waals surface area contributed by atoms with Crippen LogP contribution < -0.4 is 8.37 Å². The van der Waals surface area contributed by atoms with Crippen LogP contribution in [0.5, 0.6) is 11.5 Å². The minimum absolute atomic E-state index is 0. The monoisotopic (exact) mass is 354 g/mol. The van der Waals surface area contributed by atoms with Gasteiger partial charge in [0.2, 0.25) is 0 Å². The standard InChI is InChI=1S/C12H10O6S2.K.H/c13-19(14,17-11-7-3-1-4-8-11)20(15,16)18-12-9-5-2-6-10-12;;/h1-10H;;. The molecular formula is C12H11KO6S2. The normalized spacial score (nSPS) is 11.2. The molecule has 0 heterocycles. The summed E-state index contributed by atoms with van der Waals surface area (Å²) in [5.41, 5.74) is 0. The Bertz CT molecular complexity index is 704. The van der Waals surface area contributed by atoms with Crippen LogP contribution >= 0.6 is 0 Å². The first-order chi connectivity index (χ1) is 9.41. The summed E-state index contributed by atoms with van der Waals surface area (Å²) in [4.78, 5) is 0. The van der Waals surface area contributed by atoms with Crippen molar-refractivity contribution < 1.29 is 25.2 Å². The van der Waals surface area contributed by atoms with Crippen LogP contribution in [-0.4, -0.2) is 68.2 Å². The van der Waals surface area contributed by atoms with Crippen molar-refractivity contribution in [3.8, 4) is 11.5 Å².